The van der Waals surface area contributed by atoms with Crippen molar-refractivity contribution >= 4 is 34.8 Å². The highest BCUT2D eigenvalue weighted by Gasteiger charge is 2.25. The highest BCUT2D eigenvalue weighted by Crippen LogP contribution is 2.41. The third kappa shape index (κ3) is 2.79. The van der Waals surface area contributed by atoms with E-state index in [0.717, 1.165) is 5.56 Å². The molecule has 0 aliphatic rings. The smallest absolute Gasteiger partial charge is 0.0648 e. The van der Waals surface area contributed by atoms with Crippen molar-refractivity contribution in [2.45, 2.75) is 26.1 Å². The molecule has 1 atom stereocenters. The molecule has 0 spiro atoms. The molecule has 0 amide bonds. The molecule has 14 heavy (non-hydrogen) atoms. The van der Waals surface area contributed by atoms with Crippen LogP contribution in [-0.2, 0) is 0 Å². The standard InChI is InChI=1S/C11H13Cl3/c1-11(2,3)10(14)8-5-4-7(12)6-9(8)13/h4-6,10H,1-3H3. The minimum absolute atomic E-state index is 0.0149. The third-order valence-electron chi connectivity index (χ3n) is 2.00. The summed E-state index contributed by atoms with van der Waals surface area (Å²) in [6, 6.07) is 5.41. The summed E-state index contributed by atoms with van der Waals surface area (Å²) < 4.78 is 0. The number of rotatable bonds is 1. The Bertz CT molecular complexity index is 326. The number of benzene rings is 1. The minimum Gasteiger partial charge on any atom is -0.117 e. The second kappa shape index (κ2) is 4.30. The van der Waals surface area contributed by atoms with Gasteiger partial charge in [0.25, 0.3) is 0 Å². The molecule has 0 bridgehead atoms. The topological polar surface area (TPSA) is 0 Å². The van der Waals surface area contributed by atoms with Gasteiger partial charge >= 0.3 is 0 Å². The van der Waals surface area contributed by atoms with E-state index in [1.54, 1.807) is 6.07 Å². The van der Waals surface area contributed by atoms with Crippen LogP contribution >= 0.6 is 34.8 Å². The van der Waals surface area contributed by atoms with Crippen molar-refractivity contribution in [2.75, 3.05) is 0 Å². The minimum atomic E-state index is -0.104. The van der Waals surface area contributed by atoms with Gasteiger partial charge in [-0.1, -0.05) is 50.0 Å². The van der Waals surface area contributed by atoms with E-state index in [9.17, 15) is 0 Å². The molecule has 0 nitrogen and oxygen atoms in total. The van der Waals surface area contributed by atoms with Crippen LogP contribution in [-0.4, -0.2) is 0 Å². The highest BCUT2D eigenvalue weighted by molar-refractivity contribution is 6.35. The van der Waals surface area contributed by atoms with Crippen LogP contribution in [0, 0.1) is 5.41 Å². The zero-order chi connectivity index (χ0) is 10.9. The van der Waals surface area contributed by atoms with Gasteiger partial charge in [-0.15, -0.1) is 11.6 Å². The van der Waals surface area contributed by atoms with E-state index < -0.39 is 0 Å². The summed E-state index contributed by atoms with van der Waals surface area (Å²) in [5, 5.41) is 1.16. The number of halogens is 3. The van der Waals surface area contributed by atoms with Crippen molar-refractivity contribution < 1.29 is 0 Å². The molecule has 0 aliphatic heterocycles. The van der Waals surface area contributed by atoms with Crippen molar-refractivity contribution in [3.8, 4) is 0 Å². The lowest BCUT2D eigenvalue weighted by Gasteiger charge is -2.26. The van der Waals surface area contributed by atoms with Crippen LogP contribution in [0.1, 0.15) is 31.7 Å². The molecule has 1 rings (SSSR count). The van der Waals surface area contributed by atoms with E-state index in [0.29, 0.717) is 10.0 Å². The van der Waals surface area contributed by atoms with Crippen LogP contribution in [0.4, 0.5) is 0 Å². The number of hydrogen-bond donors (Lipinski definition) is 0. The van der Waals surface area contributed by atoms with Gasteiger partial charge in [-0.25, -0.2) is 0 Å². The molecule has 0 radical (unpaired) electrons. The quantitative estimate of drug-likeness (QED) is 0.593. The van der Waals surface area contributed by atoms with Gasteiger partial charge in [0.1, 0.15) is 0 Å². The van der Waals surface area contributed by atoms with Crippen molar-refractivity contribution in [1.82, 2.24) is 0 Å². The maximum Gasteiger partial charge on any atom is 0.0648 e. The normalized spacial score (nSPS) is 14.1. The zero-order valence-electron chi connectivity index (χ0n) is 8.44. The Morgan fingerprint density at radius 3 is 2.14 bits per heavy atom. The fourth-order valence-corrected chi connectivity index (χ4v) is 1.94. The van der Waals surface area contributed by atoms with Crippen molar-refractivity contribution in [1.29, 1.82) is 0 Å². The van der Waals surface area contributed by atoms with Crippen molar-refractivity contribution in [3.05, 3.63) is 33.8 Å². The second-order valence-electron chi connectivity index (χ2n) is 4.39. The molecule has 1 aromatic carbocycles. The van der Waals surface area contributed by atoms with E-state index in [2.05, 4.69) is 20.8 Å². The van der Waals surface area contributed by atoms with Gasteiger partial charge in [0.15, 0.2) is 0 Å². The molecular weight excluding hydrogens is 238 g/mol. The Labute approximate surface area is 100 Å². The van der Waals surface area contributed by atoms with E-state index >= 15 is 0 Å². The van der Waals surface area contributed by atoms with Crippen molar-refractivity contribution in [2.24, 2.45) is 5.41 Å². The summed E-state index contributed by atoms with van der Waals surface area (Å²) in [6.07, 6.45) is 0. The molecule has 0 N–H and O–H groups in total. The van der Waals surface area contributed by atoms with Gasteiger partial charge < -0.3 is 0 Å². The molecule has 3 heteroatoms. The van der Waals surface area contributed by atoms with Crippen LogP contribution in [0.5, 0.6) is 0 Å². The van der Waals surface area contributed by atoms with Gasteiger partial charge in [-0.3, -0.25) is 0 Å². The molecule has 0 saturated carbocycles. The lowest BCUT2D eigenvalue weighted by molar-refractivity contribution is 0.396. The average molecular weight is 252 g/mol. The fraction of sp³-hybridized carbons (Fsp3) is 0.455. The van der Waals surface area contributed by atoms with Crippen LogP contribution in [0.15, 0.2) is 18.2 Å². The van der Waals surface area contributed by atoms with Crippen LogP contribution < -0.4 is 0 Å². The molecule has 1 unspecified atom stereocenters. The van der Waals surface area contributed by atoms with E-state index in [1.165, 1.54) is 0 Å². The van der Waals surface area contributed by atoms with Gasteiger partial charge in [0.05, 0.1) is 5.38 Å². The first kappa shape index (κ1) is 12.2. The molecule has 0 saturated heterocycles. The van der Waals surface area contributed by atoms with Crippen molar-refractivity contribution in [3.63, 3.8) is 0 Å². The Balaban J connectivity index is 3.08. The molecule has 0 aliphatic carbocycles. The van der Waals surface area contributed by atoms with Crippen LogP contribution in [0.2, 0.25) is 10.0 Å². The summed E-state index contributed by atoms with van der Waals surface area (Å²) in [4.78, 5) is 0. The molecular formula is C11H13Cl3. The summed E-state index contributed by atoms with van der Waals surface area (Å²) in [5.74, 6) is 0. The first-order valence-corrected chi connectivity index (χ1v) is 5.60. The first-order valence-electron chi connectivity index (χ1n) is 4.41. The Morgan fingerprint density at radius 1 is 1.14 bits per heavy atom. The maximum absolute atomic E-state index is 6.31. The molecule has 78 valence electrons. The SMILES string of the molecule is CC(C)(C)C(Cl)c1ccc(Cl)cc1Cl. The van der Waals surface area contributed by atoms with Crippen LogP contribution in [0.3, 0.4) is 0 Å². The van der Waals surface area contributed by atoms with E-state index in [-0.39, 0.29) is 10.8 Å². The predicted octanol–water partition coefficient (Wildman–Crippen LogP) is 5.32. The average Bonchev–Trinajstić information content (AvgIpc) is 2.01. The fourth-order valence-electron chi connectivity index (χ4n) is 1.17. The lowest BCUT2D eigenvalue weighted by Crippen LogP contribution is -2.13. The summed E-state index contributed by atoms with van der Waals surface area (Å²) in [7, 11) is 0. The van der Waals surface area contributed by atoms with Gasteiger partial charge in [0, 0.05) is 10.0 Å². The number of hydrogen-bond acceptors (Lipinski definition) is 0. The van der Waals surface area contributed by atoms with E-state index in [1.807, 2.05) is 12.1 Å². The Morgan fingerprint density at radius 2 is 1.71 bits per heavy atom. The largest absolute Gasteiger partial charge is 0.117 e. The monoisotopic (exact) mass is 250 g/mol. The van der Waals surface area contributed by atoms with Gasteiger partial charge in [-0.2, -0.15) is 0 Å². The summed E-state index contributed by atoms with van der Waals surface area (Å²) in [6.45, 7) is 6.24. The first-order chi connectivity index (χ1) is 6.32. The van der Waals surface area contributed by atoms with Gasteiger partial charge in [-0.05, 0) is 23.1 Å². The maximum atomic E-state index is 6.31. The third-order valence-corrected chi connectivity index (χ3v) is 3.45. The molecule has 0 aromatic heterocycles. The summed E-state index contributed by atoms with van der Waals surface area (Å²) >= 11 is 18.2. The van der Waals surface area contributed by atoms with Crippen LogP contribution in [0.25, 0.3) is 0 Å². The van der Waals surface area contributed by atoms with Gasteiger partial charge in [0.2, 0.25) is 0 Å². The Hall–Kier alpha value is 0.0900. The second-order valence-corrected chi connectivity index (χ2v) is 5.67. The highest BCUT2D eigenvalue weighted by atomic mass is 35.5. The summed E-state index contributed by atoms with van der Waals surface area (Å²) in [5.41, 5.74) is 0.921. The lowest BCUT2D eigenvalue weighted by atomic mass is 9.87. The zero-order valence-corrected chi connectivity index (χ0v) is 10.7. The Kier molecular flexibility index (Phi) is 3.74. The molecule has 0 heterocycles. The molecule has 0 fully saturated rings. The molecule has 1 aromatic rings. The van der Waals surface area contributed by atoms with E-state index in [4.69, 9.17) is 34.8 Å². The predicted molar refractivity (Wildman–Crippen MR) is 64.5 cm³/mol. The number of alkyl halides is 1.